The van der Waals surface area contributed by atoms with Crippen LogP contribution in [-0.2, 0) is 37.5 Å². The molecule has 0 radical (unpaired) electrons. The molecule has 0 atom stereocenters. The first kappa shape index (κ1) is 34.7. The molecule has 0 fully saturated rings. The predicted molar refractivity (Wildman–Crippen MR) is 188 cm³/mol. The lowest BCUT2D eigenvalue weighted by Crippen LogP contribution is -2.21. The van der Waals surface area contributed by atoms with Crippen LogP contribution >= 0.6 is 0 Å². The van der Waals surface area contributed by atoms with Crippen LogP contribution in [0.15, 0.2) is 143 Å². The summed E-state index contributed by atoms with van der Waals surface area (Å²) in [6.07, 6.45) is 7.80. The summed E-state index contributed by atoms with van der Waals surface area (Å²) >= 11 is 0. The average molecular weight is 683 g/mol. The molecule has 4 aromatic carbocycles. The van der Waals surface area contributed by atoms with E-state index in [9.17, 15) is 21.4 Å². The Morgan fingerprint density at radius 3 is 1.92 bits per heavy atom. The van der Waals surface area contributed by atoms with Crippen LogP contribution in [0, 0.1) is 0 Å². The molecule has 0 spiro atoms. The number of benzene rings is 4. The molecule has 0 unspecified atom stereocenters. The van der Waals surface area contributed by atoms with E-state index in [0.29, 0.717) is 29.8 Å². The van der Waals surface area contributed by atoms with Gasteiger partial charge in [0.25, 0.3) is 10.1 Å². The Hall–Kier alpha value is -4.61. The van der Waals surface area contributed by atoms with Crippen molar-refractivity contribution in [1.82, 2.24) is 0 Å². The molecule has 48 heavy (non-hydrogen) atoms. The second-order valence-corrected chi connectivity index (χ2v) is 14.3. The lowest BCUT2D eigenvalue weighted by atomic mass is 9.90. The summed E-state index contributed by atoms with van der Waals surface area (Å²) in [5.74, 6) is 0. The van der Waals surface area contributed by atoms with Gasteiger partial charge in [-0.15, -0.1) is 0 Å². The van der Waals surface area contributed by atoms with Gasteiger partial charge in [0.05, 0.1) is 12.0 Å². The molecule has 0 amide bonds. The van der Waals surface area contributed by atoms with Gasteiger partial charge in [-0.1, -0.05) is 78.9 Å². The zero-order valence-electron chi connectivity index (χ0n) is 27.1. The van der Waals surface area contributed by atoms with Crippen LogP contribution in [-0.4, -0.2) is 51.9 Å². The van der Waals surface area contributed by atoms with Gasteiger partial charge in [-0.3, -0.25) is 4.18 Å². The SMILES string of the molecule is CCN(Cc1ccccc1)c1ccc(C(=C2C=CC(=[N+](CC)Cc3ccccc3)C=C2)c2ccc(S(=O)(=O)[O-])cc2S(=O)(=O)OC)cc1. The molecular weight excluding hydrogens is 645 g/mol. The van der Waals surface area contributed by atoms with Crippen molar-refractivity contribution in [3.05, 3.63) is 155 Å². The molecule has 0 saturated heterocycles. The highest BCUT2D eigenvalue weighted by atomic mass is 32.2. The maximum atomic E-state index is 13.2. The summed E-state index contributed by atoms with van der Waals surface area (Å²) < 4.78 is 69.4. The van der Waals surface area contributed by atoms with Crippen LogP contribution in [0.5, 0.6) is 0 Å². The third-order valence-electron chi connectivity index (χ3n) is 8.24. The normalized spacial score (nSPS) is 13.1. The third kappa shape index (κ3) is 8.08. The van der Waals surface area contributed by atoms with Gasteiger partial charge in [0.1, 0.15) is 21.6 Å². The second-order valence-electron chi connectivity index (χ2n) is 11.2. The highest BCUT2D eigenvalue weighted by Crippen LogP contribution is 2.36. The number of rotatable bonds is 12. The molecule has 1 aliphatic rings. The van der Waals surface area contributed by atoms with Crippen molar-refractivity contribution in [2.45, 2.75) is 36.7 Å². The quantitative estimate of drug-likeness (QED) is 0.0948. The second kappa shape index (κ2) is 15.1. The van der Waals surface area contributed by atoms with Gasteiger partial charge in [0.15, 0.2) is 12.3 Å². The van der Waals surface area contributed by atoms with Crippen LogP contribution in [0.1, 0.15) is 36.1 Å². The maximum absolute atomic E-state index is 13.2. The number of hydrogen-bond acceptors (Lipinski definition) is 7. The summed E-state index contributed by atoms with van der Waals surface area (Å²) in [7, 11) is -8.38. The van der Waals surface area contributed by atoms with Gasteiger partial charge < -0.3 is 9.45 Å². The monoisotopic (exact) mass is 682 g/mol. The minimum absolute atomic E-state index is 0.206. The summed E-state index contributed by atoms with van der Waals surface area (Å²) in [4.78, 5) is 1.16. The molecular formula is C38H38N2O6S2. The Labute approximate surface area is 283 Å². The van der Waals surface area contributed by atoms with Crippen molar-refractivity contribution in [1.29, 1.82) is 0 Å². The van der Waals surface area contributed by atoms with Crippen LogP contribution < -0.4 is 4.90 Å². The molecule has 0 heterocycles. The Morgan fingerprint density at radius 2 is 1.38 bits per heavy atom. The van der Waals surface area contributed by atoms with Gasteiger partial charge in [0.2, 0.25) is 0 Å². The first-order chi connectivity index (χ1) is 23.0. The van der Waals surface area contributed by atoms with Gasteiger partial charge >= 0.3 is 0 Å². The van der Waals surface area contributed by atoms with Crippen molar-refractivity contribution in [2.24, 2.45) is 0 Å². The fourth-order valence-electron chi connectivity index (χ4n) is 5.70. The standard InChI is InChI=1S/C38H38N2O6S2/c1-4-39(27-29-12-8-6-9-13-29)33-20-16-31(17-21-33)38(36-25-24-35(47(41,42)43)26-37(36)48(44,45)46-3)32-18-22-34(23-19-32)40(5-2)28-30-14-10-7-11-15-30/h6-26H,4-5,27-28H2,1-3H3. The number of nitrogens with zero attached hydrogens (tertiary/aromatic N) is 2. The lowest BCUT2D eigenvalue weighted by Gasteiger charge is -2.24. The average Bonchev–Trinajstić information content (AvgIpc) is 3.11. The Bertz CT molecular complexity index is 2080. The van der Waals surface area contributed by atoms with Crippen molar-refractivity contribution in [2.75, 3.05) is 25.1 Å². The van der Waals surface area contributed by atoms with Crippen LogP contribution in [0.4, 0.5) is 5.69 Å². The maximum Gasteiger partial charge on any atom is 0.297 e. The summed E-state index contributed by atoms with van der Waals surface area (Å²) in [5, 5.41) is 0. The third-order valence-corrected chi connectivity index (χ3v) is 10.4. The van der Waals surface area contributed by atoms with Crippen molar-refractivity contribution in [3.8, 4) is 0 Å². The highest BCUT2D eigenvalue weighted by molar-refractivity contribution is 7.87. The number of allylic oxidation sites excluding steroid dienone is 5. The van der Waals surface area contributed by atoms with Gasteiger partial charge in [-0.2, -0.15) is 8.42 Å². The van der Waals surface area contributed by atoms with E-state index in [-0.39, 0.29) is 5.56 Å². The minimum Gasteiger partial charge on any atom is -0.744 e. The summed E-state index contributed by atoms with van der Waals surface area (Å²) in [6.45, 7) is 7.14. The fourth-order valence-corrected chi connectivity index (χ4v) is 7.16. The van der Waals surface area contributed by atoms with Crippen molar-refractivity contribution < 1.29 is 30.1 Å². The zero-order valence-corrected chi connectivity index (χ0v) is 28.7. The van der Waals surface area contributed by atoms with Crippen molar-refractivity contribution >= 4 is 37.2 Å². The first-order valence-electron chi connectivity index (χ1n) is 15.6. The predicted octanol–water partition coefficient (Wildman–Crippen LogP) is 6.55. The van der Waals surface area contributed by atoms with E-state index in [1.54, 1.807) is 0 Å². The molecule has 10 heteroatoms. The van der Waals surface area contributed by atoms with Gasteiger partial charge in [0, 0.05) is 42.1 Å². The molecule has 0 aromatic heterocycles. The molecule has 5 rings (SSSR count). The fraction of sp³-hybridized carbons (Fsp3) is 0.184. The van der Waals surface area contributed by atoms with E-state index in [1.807, 2.05) is 85.0 Å². The smallest absolute Gasteiger partial charge is 0.297 e. The largest absolute Gasteiger partial charge is 0.744 e. The molecule has 248 valence electrons. The van der Waals surface area contributed by atoms with Crippen LogP contribution in [0.2, 0.25) is 0 Å². The molecule has 8 nitrogen and oxygen atoms in total. The van der Waals surface area contributed by atoms with E-state index in [0.717, 1.165) is 43.7 Å². The van der Waals surface area contributed by atoms with Gasteiger partial charge in [-0.05, 0) is 72.5 Å². The van der Waals surface area contributed by atoms with Gasteiger partial charge in [-0.25, -0.2) is 13.0 Å². The van der Waals surface area contributed by atoms with E-state index in [1.165, 1.54) is 17.2 Å². The Morgan fingerprint density at radius 1 is 0.771 bits per heavy atom. The Balaban J connectivity index is 1.65. The van der Waals surface area contributed by atoms with E-state index >= 15 is 0 Å². The number of hydrogen-bond donors (Lipinski definition) is 0. The highest BCUT2D eigenvalue weighted by Gasteiger charge is 2.25. The van der Waals surface area contributed by atoms with Crippen molar-refractivity contribution in [3.63, 3.8) is 0 Å². The van der Waals surface area contributed by atoms with Crippen LogP contribution in [0.3, 0.4) is 0 Å². The van der Waals surface area contributed by atoms with E-state index in [4.69, 9.17) is 4.18 Å². The molecule has 0 bridgehead atoms. The topological polar surface area (TPSA) is 107 Å². The summed E-state index contributed by atoms with van der Waals surface area (Å²) in [5.41, 5.74) is 6.45. The first-order valence-corrected chi connectivity index (χ1v) is 18.4. The number of anilines is 1. The van der Waals surface area contributed by atoms with E-state index in [2.05, 4.69) is 47.6 Å². The molecule has 0 N–H and O–H groups in total. The van der Waals surface area contributed by atoms with E-state index < -0.39 is 30.0 Å². The zero-order chi connectivity index (χ0) is 34.3. The minimum atomic E-state index is -4.94. The van der Waals surface area contributed by atoms with Crippen LogP contribution in [0.25, 0.3) is 5.57 Å². The Kier molecular flexibility index (Phi) is 10.9. The lowest BCUT2D eigenvalue weighted by molar-refractivity contribution is -0.539. The molecule has 1 aliphatic carbocycles. The molecule has 4 aromatic rings. The summed E-state index contributed by atoms with van der Waals surface area (Å²) in [6, 6.07) is 31.5. The molecule has 0 aliphatic heterocycles. The molecule has 0 saturated carbocycles.